The molecule has 3 heteroatoms. The van der Waals surface area contributed by atoms with Gasteiger partial charge in [0, 0.05) is 38.6 Å². The zero-order valence-electron chi connectivity index (χ0n) is 27.6. The van der Waals surface area contributed by atoms with E-state index in [1.807, 2.05) is 12.1 Å². The molecule has 0 bridgehead atoms. The molecule has 0 unspecified atom stereocenters. The van der Waals surface area contributed by atoms with Crippen LogP contribution in [-0.2, 0) is 0 Å². The highest BCUT2D eigenvalue weighted by molar-refractivity contribution is 6.21. The second-order valence-electron chi connectivity index (χ2n) is 13.3. The lowest BCUT2D eigenvalue weighted by molar-refractivity contribution is 0.669. The summed E-state index contributed by atoms with van der Waals surface area (Å²) in [6.07, 6.45) is 0. The third kappa shape index (κ3) is 4.19. The number of anilines is 3. The lowest BCUT2D eigenvalue weighted by atomic mass is 9.96. The molecule has 0 atom stereocenters. The second kappa shape index (κ2) is 10.8. The van der Waals surface area contributed by atoms with Crippen molar-refractivity contribution in [3.05, 3.63) is 182 Å². The van der Waals surface area contributed by atoms with E-state index < -0.39 is 0 Å². The summed E-state index contributed by atoms with van der Waals surface area (Å²) in [4.78, 5) is 2.43. The van der Waals surface area contributed by atoms with Crippen LogP contribution >= 0.6 is 0 Å². The number of benzene rings is 9. The van der Waals surface area contributed by atoms with Crippen LogP contribution in [0.2, 0.25) is 0 Å². The standard InChI is InChI=1S/C48H30N2O/c1-2-12-34(13-3-1)50-42-17-8-6-16-40(42)48-43(18-10-19-44(48)50)49(36-26-28-46-41(30-36)39-15-7-9-20-45(39)51-46)35-25-27-38-33(29-35)24-23-32-22-21-31-11-4-5-14-37(31)47(32)38/h1-30H. The molecule has 2 aromatic heterocycles. The Morgan fingerprint density at radius 2 is 1.02 bits per heavy atom. The van der Waals surface area contributed by atoms with E-state index in [2.05, 4.69) is 179 Å². The Hall–Kier alpha value is -6.84. The quantitative estimate of drug-likeness (QED) is 0.177. The Bertz CT molecular complexity index is 3150. The fraction of sp³-hybridized carbons (Fsp3) is 0. The molecule has 238 valence electrons. The molecule has 0 N–H and O–H groups in total. The molecular formula is C48H30N2O. The van der Waals surface area contributed by atoms with Crippen LogP contribution in [0.4, 0.5) is 17.1 Å². The van der Waals surface area contributed by atoms with E-state index in [9.17, 15) is 0 Å². The maximum absolute atomic E-state index is 6.29. The van der Waals surface area contributed by atoms with Crippen molar-refractivity contribution in [2.24, 2.45) is 0 Å². The summed E-state index contributed by atoms with van der Waals surface area (Å²) in [5, 5.41) is 12.2. The summed E-state index contributed by atoms with van der Waals surface area (Å²) < 4.78 is 8.68. The van der Waals surface area contributed by atoms with Gasteiger partial charge in [-0.05, 0) is 99.0 Å². The molecule has 0 saturated carbocycles. The van der Waals surface area contributed by atoms with Gasteiger partial charge in [-0.1, -0.05) is 115 Å². The smallest absolute Gasteiger partial charge is 0.135 e. The van der Waals surface area contributed by atoms with Crippen LogP contribution in [0, 0.1) is 0 Å². The lowest BCUT2D eigenvalue weighted by Crippen LogP contribution is -2.10. The molecule has 0 spiro atoms. The Morgan fingerprint density at radius 3 is 1.92 bits per heavy atom. The van der Waals surface area contributed by atoms with Gasteiger partial charge in [-0.15, -0.1) is 0 Å². The van der Waals surface area contributed by atoms with Gasteiger partial charge in [-0.3, -0.25) is 0 Å². The van der Waals surface area contributed by atoms with E-state index >= 15 is 0 Å². The van der Waals surface area contributed by atoms with Crippen molar-refractivity contribution in [1.82, 2.24) is 4.57 Å². The van der Waals surface area contributed by atoms with Crippen LogP contribution in [-0.4, -0.2) is 4.57 Å². The highest BCUT2D eigenvalue weighted by atomic mass is 16.3. The van der Waals surface area contributed by atoms with Crippen LogP contribution in [0.5, 0.6) is 0 Å². The molecular weight excluding hydrogens is 621 g/mol. The fourth-order valence-electron chi connectivity index (χ4n) is 8.28. The van der Waals surface area contributed by atoms with Crippen LogP contribution in [0.1, 0.15) is 0 Å². The van der Waals surface area contributed by atoms with E-state index in [1.165, 1.54) is 48.6 Å². The minimum atomic E-state index is 0.885. The largest absolute Gasteiger partial charge is 0.456 e. The second-order valence-corrected chi connectivity index (χ2v) is 13.3. The third-order valence-corrected chi connectivity index (χ3v) is 10.5. The van der Waals surface area contributed by atoms with Gasteiger partial charge in [0.1, 0.15) is 11.2 Å². The van der Waals surface area contributed by atoms with E-state index in [4.69, 9.17) is 4.42 Å². The number of fused-ring (bicyclic) bond motifs is 11. The first-order valence-corrected chi connectivity index (χ1v) is 17.4. The molecule has 0 amide bonds. The molecule has 11 rings (SSSR count). The number of aromatic nitrogens is 1. The number of para-hydroxylation sites is 3. The van der Waals surface area contributed by atoms with E-state index in [0.29, 0.717) is 0 Å². The Balaban J connectivity index is 1.22. The molecule has 11 aromatic rings. The fourth-order valence-corrected chi connectivity index (χ4v) is 8.28. The summed E-state index contributed by atoms with van der Waals surface area (Å²) in [5.74, 6) is 0. The topological polar surface area (TPSA) is 21.3 Å². The molecule has 0 radical (unpaired) electrons. The molecule has 2 heterocycles. The van der Waals surface area contributed by atoms with Gasteiger partial charge in [-0.2, -0.15) is 0 Å². The first-order valence-electron chi connectivity index (χ1n) is 17.4. The highest BCUT2D eigenvalue weighted by Gasteiger charge is 2.22. The molecule has 51 heavy (non-hydrogen) atoms. The van der Waals surface area contributed by atoms with Crippen LogP contribution in [0.25, 0.3) is 81.7 Å². The van der Waals surface area contributed by atoms with Gasteiger partial charge in [-0.25, -0.2) is 0 Å². The molecule has 0 fully saturated rings. The molecule has 0 aliphatic heterocycles. The zero-order valence-corrected chi connectivity index (χ0v) is 27.6. The van der Waals surface area contributed by atoms with Gasteiger partial charge in [0.05, 0.1) is 16.7 Å². The van der Waals surface area contributed by atoms with E-state index in [0.717, 1.165) is 50.2 Å². The Labute approximate surface area is 293 Å². The number of nitrogens with zero attached hydrogens (tertiary/aromatic N) is 2. The molecule has 9 aromatic carbocycles. The minimum absolute atomic E-state index is 0.885. The zero-order chi connectivity index (χ0) is 33.5. The van der Waals surface area contributed by atoms with Gasteiger partial charge in [0.2, 0.25) is 0 Å². The van der Waals surface area contributed by atoms with E-state index in [1.54, 1.807) is 0 Å². The monoisotopic (exact) mass is 650 g/mol. The van der Waals surface area contributed by atoms with Crippen LogP contribution in [0.15, 0.2) is 186 Å². The van der Waals surface area contributed by atoms with Crippen molar-refractivity contribution in [1.29, 1.82) is 0 Å². The van der Waals surface area contributed by atoms with Gasteiger partial charge >= 0.3 is 0 Å². The van der Waals surface area contributed by atoms with Crippen LogP contribution in [0.3, 0.4) is 0 Å². The first kappa shape index (κ1) is 28.0. The van der Waals surface area contributed by atoms with Gasteiger partial charge in [0.15, 0.2) is 0 Å². The SMILES string of the molecule is c1ccc(-n2c3ccccc3c3c(N(c4ccc5c(ccc6ccc7ccccc7c65)c4)c4ccc5oc6ccccc6c5c4)cccc32)cc1. The van der Waals surface area contributed by atoms with Gasteiger partial charge in [0.25, 0.3) is 0 Å². The third-order valence-electron chi connectivity index (χ3n) is 10.5. The van der Waals surface area contributed by atoms with Gasteiger partial charge < -0.3 is 13.9 Å². The summed E-state index contributed by atoms with van der Waals surface area (Å²) in [5.41, 5.74) is 8.56. The summed E-state index contributed by atoms with van der Waals surface area (Å²) >= 11 is 0. The molecule has 3 nitrogen and oxygen atoms in total. The predicted molar refractivity (Wildman–Crippen MR) is 215 cm³/mol. The lowest BCUT2D eigenvalue weighted by Gasteiger charge is -2.27. The van der Waals surface area contributed by atoms with E-state index in [-0.39, 0.29) is 0 Å². The van der Waals surface area contributed by atoms with Crippen molar-refractivity contribution in [2.75, 3.05) is 4.90 Å². The molecule has 0 aliphatic rings. The number of furan rings is 1. The van der Waals surface area contributed by atoms with Crippen LogP contribution < -0.4 is 4.90 Å². The summed E-state index contributed by atoms with van der Waals surface area (Å²) in [6, 6.07) is 65.7. The maximum Gasteiger partial charge on any atom is 0.135 e. The number of rotatable bonds is 4. The average Bonchev–Trinajstić information content (AvgIpc) is 3.74. The molecule has 0 aliphatic carbocycles. The van der Waals surface area contributed by atoms with Crippen molar-refractivity contribution >= 4 is 93.1 Å². The van der Waals surface area contributed by atoms with Crippen molar-refractivity contribution in [2.45, 2.75) is 0 Å². The first-order chi connectivity index (χ1) is 25.3. The van der Waals surface area contributed by atoms with Crippen molar-refractivity contribution in [3.8, 4) is 5.69 Å². The van der Waals surface area contributed by atoms with Crippen molar-refractivity contribution in [3.63, 3.8) is 0 Å². The number of hydrogen-bond acceptors (Lipinski definition) is 2. The predicted octanol–water partition coefficient (Wildman–Crippen LogP) is 13.6. The number of hydrogen-bond donors (Lipinski definition) is 0. The maximum atomic E-state index is 6.29. The Kier molecular flexibility index (Phi) is 5.96. The summed E-state index contributed by atoms with van der Waals surface area (Å²) in [6.45, 7) is 0. The average molecular weight is 651 g/mol. The minimum Gasteiger partial charge on any atom is -0.456 e. The highest BCUT2D eigenvalue weighted by Crippen LogP contribution is 2.46. The normalized spacial score (nSPS) is 11.9. The van der Waals surface area contributed by atoms with Crippen molar-refractivity contribution < 1.29 is 4.42 Å². The Morgan fingerprint density at radius 1 is 0.373 bits per heavy atom. The molecule has 0 saturated heterocycles. The summed E-state index contributed by atoms with van der Waals surface area (Å²) in [7, 11) is 0.